The summed E-state index contributed by atoms with van der Waals surface area (Å²) in [6, 6.07) is 8.02. The standard InChI is InChI=1S/C32H48O6/c1-4-7-22-35-30(33)28-29(31(34)36-23-8-5-2)38-32(37-28)27-20-18-26(19-21-27)13-10-9-12-25-16-14-24(11-6-3)15-17-25/h9,12,18-21,24-25,28-29,32H,4-8,10-11,13-17,22-23H2,1-3H3/b12-9+/t24?,25?,28-,29-/m1/s1. The molecule has 2 atom stereocenters. The molecule has 1 aromatic carbocycles. The molecule has 1 saturated heterocycles. The first kappa shape index (κ1) is 30.4. The first-order valence-electron chi connectivity index (χ1n) is 14.9. The van der Waals surface area contributed by atoms with E-state index in [9.17, 15) is 9.59 Å². The van der Waals surface area contributed by atoms with Gasteiger partial charge in [0.05, 0.1) is 13.2 Å². The second kappa shape index (κ2) is 16.7. The summed E-state index contributed by atoms with van der Waals surface area (Å²) in [7, 11) is 0. The van der Waals surface area contributed by atoms with E-state index in [1.54, 1.807) is 0 Å². The number of carbonyl (C=O) groups excluding carboxylic acids is 2. The minimum atomic E-state index is -1.13. The van der Waals surface area contributed by atoms with E-state index in [1.807, 2.05) is 26.0 Å². The van der Waals surface area contributed by atoms with Crippen LogP contribution >= 0.6 is 0 Å². The Morgan fingerprint density at radius 3 is 1.95 bits per heavy atom. The highest BCUT2D eigenvalue weighted by Gasteiger charge is 2.47. The van der Waals surface area contributed by atoms with Crippen LogP contribution in [0.3, 0.4) is 0 Å². The summed E-state index contributed by atoms with van der Waals surface area (Å²) in [5.74, 6) is 0.520. The molecule has 0 N–H and O–H groups in total. The quantitative estimate of drug-likeness (QED) is 0.136. The Hall–Kier alpha value is -2.18. The Morgan fingerprint density at radius 1 is 0.842 bits per heavy atom. The minimum absolute atomic E-state index is 0.292. The predicted octanol–water partition coefficient (Wildman–Crippen LogP) is 7.25. The lowest BCUT2D eigenvalue weighted by Crippen LogP contribution is -2.39. The Bertz CT molecular complexity index is 825. The average molecular weight is 529 g/mol. The third-order valence-electron chi connectivity index (χ3n) is 7.61. The van der Waals surface area contributed by atoms with Gasteiger partial charge in [0.1, 0.15) is 0 Å². The van der Waals surface area contributed by atoms with E-state index < -0.39 is 30.4 Å². The van der Waals surface area contributed by atoms with Gasteiger partial charge in [-0.3, -0.25) is 0 Å². The Labute approximate surface area is 229 Å². The number of hydrogen-bond donors (Lipinski definition) is 0. The largest absolute Gasteiger partial charge is 0.464 e. The molecule has 0 amide bonds. The van der Waals surface area contributed by atoms with Gasteiger partial charge in [0.25, 0.3) is 0 Å². The van der Waals surface area contributed by atoms with Gasteiger partial charge in [-0.05, 0) is 68.8 Å². The number of benzene rings is 1. The van der Waals surface area contributed by atoms with Crippen LogP contribution in [0.5, 0.6) is 0 Å². The molecular weight excluding hydrogens is 480 g/mol. The van der Waals surface area contributed by atoms with Crippen molar-refractivity contribution >= 4 is 11.9 Å². The fourth-order valence-electron chi connectivity index (χ4n) is 5.21. The SMILES string of the molecule is CCCCOC(=O)[C@@H]1OC(c2ccc(CC/C=C/C3CCC(CCC)CC3)cc2)O[C@H]1C(=O)OCCCC. The predicted molar refractivity (Wildman–Crippen MR) is 148 cm³/mol. The van der Waals surface area contributed by atoms with E-state index in [4.69, 9.17) is 18.9 Å². The van der Waals surface area contributed by atoms with Gasteiger partial charge >= 0.3 is 11.9 Å². The highest BCUT2D eigenvalue weighted by Crippen LogP contribution is 2.34. The van der Waals surface area contributed by atoms with Crippen LogP contribution in [0, 0.1) is 11.8 Å². The molecule has 1 heterocycles. The van der Waals surface area contributed by atoms with E-state index in [1.165, 1.54) is 44.1 Å². The summed E-state index contributed by atoms with van der Waals surface area (Å²) < 4.78 is 22.5. The van der Waals surface area contributed by atoms with Crippen molar-refractivity contribution in [1.82, 2.24) is 0 Å². The van der Waals surface area contributed by atoms with Gasteiger partial charge in [0.2, 0.25) is 0 Å². The number of hydrogen-bond acceptors (Lipinski definition) is 6. The van der Waals surface area contributed by atoms with Gasteiger partial charge in [-0.2, -0.15) is 0 Å². The number of carbonyl (C=O) groups is 2. The molecule has 1 aliphatic carbocycles. The molecule has 0 bridgehead atoms. The van der Waals surface area contributed by atoms with Crippen molar-refractivity contribution in [2.24, 2.45) is 11.8 Å². The summed E-state index contributed by atoms with van der Waals surface area (Å²) in [6.07, 6.45) is 15.1. The average Bonchev–Trinajstić information content (AvgIpc) is 3.39. The molecule has 212 valence electrons. The van der Waals surface area contributed by atoms with Crippen molar-refractivity contribution in [1.29, 1.82) is 0 Å². The van der Waals surface area contributed by atoms with Gasteiger partial charge < -0.3 is 18.9 Å². The molecule has 0 unspecified atom stereocenters. The number of aryl methyl sites for hydroxylation is 1. The third-order valence-corrected chi connectivity index (χ3v) is 7.61. The molecular formula is C32H48O6. The number of allylic oxidation sites excluding steroid dienone is 2. The Balaban J connectivity index is 1.51. The summed E-state index contributed by atoms with van der Waals surface area (Å²) >= 11 is 0. The molecule has 2 aliphatic rings. The fraction of sp³-hybridized carbons (Fsp3) is 0.688. The topological polar surface area (TPSA) is 71.1 Å². The smallest absolute Gasteiger partial charge is 0.338 e. The zero-order chi connectivity index (χ0) is 27.2. The van der Waals surface area contributed by atoms with Gasteiger partial charge in [-0.1, -0.05) is 82.9 Å². The molecule has 6 heteroatoms. The van der Waals surface area contributed by atoms with Crippen molar-refractivity contribution in [2.75, 3.05) is 13.2 Å². The number of unbranched alkanes of at least 4 members (excludes halogenated alkanes) is 2. The molecule has 0 radical (unpaired) electrons. The van der Waals surface area contributed by atoms with Crippen LogP contribution in [0.4, 0.5) is 0 Å². The second-order valence-corrected chi connectivity index (χ2v) is 10.8. The van der Waals surface area contributed by atoms with E-state index >= 15 is 0 Å². The summed E-state index contributed by atoms with van der Waals surface area (Å²) in [5, 5.41) is 0. The minimum Gasteiger partial charge on any atom is -0.464 e. The maximum atomic E-state index is 12.7. The molecule has 38 heavy (non-hydrogen) atoms. The van der Waals surface area contributed by atoms with Crippen LogP contribution in [0.15, 0.2) is 36.4 Å². The molecule has 6 nitrogen and oxygen atoms in total. The van der Waals surface area contributed by atoms with E-state index in [2.05, 4.69) is 31.2 Å². The zero-order valence-electron chi connectivity index (χ0n) is 23.7. The van der Waals surface area contributed by atoms with Crippen LogP contribution in [0.25, 0.3) is 0 Å². The molecule has 3 rings (SSSR count). The highest BCUT2D eigenvalue weighted by atomic mass is 16.8. The first-order valence-corrected chi connectivity index (χ1v) is 14.9. The number of esters is 2. The van der Waals surface area contributed by atoms with Crippen LogP contribution in [0.2, 0.25) is 0 Å². The second-order valence-electron chi connectivity index (χ2n) is 10.8. The van der Waals surface area contributed by atoms with Crippen molar-refractivity contribution in [3.05, 3.63) is 47.5 Å². The normalized spacial score (nSPS) is 24.1. The van der Waals surface area contributed by atoms with Crippen molar-refractivity contribution in [3.8, 4) is 0 Å². The zero-order valence-corrected chi connectivity index (χ0v) is 23.7. The summed E-state index contributed by atoms with van der Waals surface area (Å²) in [5.41, 5.74) is 2.00. The van der Waals surface area contributed by atoms with Gasteiger partial charge in [-0.25, -0.2) is 9.59 Å². The Morgan fingerprint density at radius 2 is 1.42 bits per heavy atom. The van der Waals surface area contributed by atoms with Gasteiger partial charge in [0, 0.05) is 5.56 Å². The van der Waals surface area contributed by atoms with Crippen molar-refractivity contribution < 1.29 is 28.5 Å². The van der Waals surface area contributed by atoms with Crippen LogP contribution in [0.1, 0.15) is 109 Å². The molecule has 1 aromatic rings. The summed E-state index contributed by atoms with van der Waals surface area (Å²) in [4.78, 5) is 25.3. The molecule has 1 saturated carbocycles. The molecule has 0 aromatic heterocycles. The van der Waals surface area contributed by atoms with E-state index in [0.29, 0.717) is 13.2 Å². The van der Waals surface area contributed by atoms with Crippen molar-refractivity contribution in [3.63, 3.8) is 0 Å². The highest BCUT2D eigenvalue weighted by molar-refractivity contribution is 5.86. The Kier molecular flexibility index (Phi) is 13.4. The lowest BCUT2D eigenvalue weighted by molar-refractivity contribution is -0.163. The number of rotatable bonds is 15. The lowest BCUT2D eigenvalue weighted by Gasteiger charge is -2.26. The number of ether oxygens (including phenoxy) is 4. The third kappa shape index (κ3) is 9.53. The molecule has 2 fully saturated rings. The summed E-state index contributed by atoms with van der Waals surface area (Å²) in [6.45, 7) is 6.91. The van der Waals surface area contributed by atoms with Crippen LogP contribution in [-0.2, 0) is 35.0 Å². The molecule has 0 spiro atoms. The van der Waals surface area contributed by atoms with Gasteiger partial charge in [-0.15, -0.1) is 0 Å². The fourth-order valence-corrected chi connectivity index (χ4v) is 5.21. The van der Waals surface area contributed by atoms with Crippen molar-refractivity contribution in [2.45, 2.75) is 116 Å². The van der Waals surface area contributed by atoms with Crippen LogP contribution < -0.4 is 0 Å². The first-order chi connectivity index (χ1) is 18.5. The van der Waals surface area contributed by atoms with E-state index in [-0.39, 0.29) is 0 Å². The van der Waals surface area contributed by atoms with Crippen LogP contribution in [-0.4, -0.2) is 37.4 Å². The van der Waals surface area contributed by atoms with Gasteiger partial charge in [0.15, 0.2) is 18.5 Å². The maximum absolute atomic E-state index is 12.7. The molecule has 1 aliphatic heterocycles. The lowest BCUT2D eigenvalue weighted by atomic mass is 9.80. The van der Waals surface area contributed by atoms with E-state index in [0.717, 1.165) is 55.9 Å². The monoisotopic (exact) mass is 528 g/mol. The maximum Gasteiger partial charge on any atom is 0.338 e.